The van der Waals surface area contributed by atoms with Crippen LogP contribution in [-0.2, 0) is 4.79 Å². The van der Waals surface area contributed by atoms with Crippen molar-refractivity contribution in [3.05, 3.63) is 65.2 Å². The standard InChI is InChI=1S/C19H20O4/c1-14-7-9-17(15(2)13-14)22-11-12-23-18-6-4-3-5-16(18)8-10-19(20)21/h3-10,13H,11-12H2,1-2H3,(H,20,21). The number of carbonyl (C=O) groups is 1. The summed E-state index contributed by atoms with van der Waals surface area (Å²) in [5.74, 6) is 0.491. The Hall–Kier alpha value is -2.75. The number of carboxylic acid groups (broad SMARTS) is 1. The van der Waals surface area contributed by atoms with Crippen LogP contribution in [0.5, 0.6) is 11.5 Å². The Labute approximate surface area is 136 Å². The minimum atomic E-state index is -0.988. The molecule has 0 bridgehead atoms. The lowest BCUT2D eigenvalue weighted by Gasteiger charge is -2.12. The van der Waals surface area contributed by atoms with Crippen LogP contribution in [0.15, 0.2) is 48.5 Å². The summed E-state index contributed by atoms with van der Waals surface area (Å²) in [6.07, 6.45) is 2.61. The SMILES string of the molecule is Cc1ccc(OCCOc2ccccc2C=CC(=O)O)c(C)c1. The maximum atomic E-state index is 10.6. The van der Waals surface area contributed by atoms with E-state index in [-0.39, 0.29) is 0 Å². The highest BCUT2D eigenvalue weighted by Gasteiger charge is 2.02. The Morgan fingerprint density at radius 3 is 2.43 bits per heavy atom. The number of para-hydroxylation sites is 1. The van der Waals surface area contributed by atoms with Gasteiger partial charge in [-0.1, -0.05) is 35.9 Å². The van der Waals surface area contributed by atoms with Crippen molar-refractivity contribution in [1.82, 2.24) is 0 Å². The zero-order valence-electron chi connectivity index (χ0n) is 13.3. The van der Waals surface area contributed by atoms with Crippen molar-refractivity contribution in [2.75, 3.05) is 13.2 Å². The van der Waals surface area contributed by atoms with Crippen molar-refractivity contribution in [1.29, 1.82) is 0 Å². The summed E-state index contributed by atoms with van der Waals surface area (Å²) in [6, 6.07) is 13.3. The zero-order chi connectivity index (χ0) is 16.7. The minimum absolute atomic E-state index is 0.380. The third-order valence-corrected chi connectivity index (χ3v) is 3.25. The van der Waals surface area contributed by atoms with E-state index in [4.69, 9.17) is 14.6 Å². The monoisotopic (exact) mass is 312 g/mol. The van der Waals surface area contributed by atoms with Crippen molar-refractivity contribution >= 4 is 12.0 Å². The van der Waals surface area contributed by atoms with Crippen molar-refractivity contribution < 1.29 is 19.4 Å². The first-order valence-electron chi connectivity index (χ1n) is 7.39. The number of benzene rings is 2. The Kier molecular flexibility index (Phi) is 5.80. The number of aryl methyl sites for hydroxylation is 2. The molecule has 1 N–H and O–H groups in total. The molecule has 0 aliphatic heterocycles. The smallest absolute Gasteiger partial charge is 0.328 e. The van der Waals surface area contributed by atoms with E-state index in [0.29, 0.717) is 19.0 Å². The molecule has 2 rings (SSSR count). The lowest BCUT2D eigenvalue weighted by Crippen LogP contribution is -2.10. The average molecular weight is 312 g/mol. The minimum Gasteiger partial charge on any atom is -0.490 e. The number of rotatable bonds is 7. The van der Waals surface area contributed by atoms with E-state index >= 15 is 0 Å². The van der Waals surface area contributed by atoms with Crippen molar-refractivity contribution in [3.8, 4) is 11.5 Å². The molecule has 4 heteroatoms. The Morgan fingerprint density at radius 2 is 1.74 bits per heavy atom. The normalized spacial score (nSPS) is 10.7. The topological polar surface area (TPSA) is 55.8 Å². The maximum Gasteiger partial charge on any atom is 0.328 e. The van der Waals surface area contributed by atoms with E-state index in [1.165, 1.54) is 11.6 Å². The Balaban J connectivity index is 1.90. The molecule has 0 spiro atoms. The maximum absolute atomic E-state index is 10.6. The number of carboxylic acids is 1. The van der Waals surface area contributed by atoms with Crippen molar-refractivity contribution in [2.24, 2.45) is 0 Å². The van der Waals surface area contributed by atoms with Crippen LogP contribution in [0.4, 0.5) is 0 Å². The molecule has 4 nitrogen and oxygen atoms in total. The molecule has 0 radical (unpaired) electrons. The van der Waals surface area contributed by atoms with Gasteiger partial charge in [0.2, 0.25) is 0 Å². The lowest BCUT2D eigenvalue weighted by atomic mass is 10.1. The molecule has 0 aromatic heterocycles. The van der Waals surface area contributed by atoms with Crippen LogP contribution in [0.1, 0.15) is 16.7 Å². The van der Waals surface area contributed by atoms with Gasteiger partial charge in [0, 0.05) is 11.6 Å². The van der Waals surface area contributed by atoms with Crippen LogP contribution < -0.4 is 9.47 Å². The molecule has 0 unspecified atom stereocenters. The van der Waals surface area contributed by atoms with E-state index in [0.717, 1.165) is 23.0 Å². The summed E-state index contributed by atoms with van der Waals surface area (Å²) in [5, 5.41) is 8.70. The molecule has 120 valence electrons. The fraction of sp³-hybridized carbons (Fsp3) is 0.211. The molecule has 2 aromatic carbocycles. The third-order valence-electron chi connectivity index (χ3n) is 3.25. The largest absolute Gasteiger partial charge is 0.490 e. The number of hydrogen-bond acceptors (Lipinski definition) is 3. The van der Waals surface area contributed by atoms with Gasteiger partial charge in [-0.2, -0.15) is 0 Å². The Bertz CT molecular complexity index is 704. The first kappa shape index (κ1) is 16.6. The predicted molar refractivity (Wildman–Crippen MR) is 90.0 cm³/mol. The molecule has 0 heterocycles. The summed E-state index contributed by atoms with van der Waals surface area (Å²) in [4.78, 5) is 10.6. The number of hydrogen-bond donors (Lipinski definition) is 1. The van der Waals surface area contributed by atoms with E-state index < -0.39 is 5.97 Å². The first-order chi connectivity index (χ1) is 11.1. The molecule has 0 aliphatic rings. The molecule has 23 heavy (non-hydrogen) atoms. The lowest BCUT2D eigenvalue weighted by molar-refractivity contribution is -0.131. The van der Waals surface area contributed by atoms with Gasteiger partial charge < -0.3 is 14.6 Å². The second kappa shape index (κ2) is 8.03. The second-order valence-electron chi connectivity index (χ2n) is 5.18. The van der Waals surface area contributed by atoms with E-state index in [1.807, 2.05) is 38.1 Å². The summed E-state index contributed by atoms with van der Waals surface area (Å²) in [5.41, 5.74) is 3.02. The molecule has 0 amide bonds. The molecular weight excluding hydrogens is 292 g/mol. The van der Waals surface area contributed by atoms with Gasteiger partial charge in [-0.25, -0.2) is 4.79 Å². The van der Waals surface area contributed by atoms with E-state index in [9.17, 15) is 4.79 Å². The fourth-order valence-electron chi connectivity index (χ4n) is 2.18. The molecule has 0 saturated carbocycles. The van der Waals surface area contributed by atoms with Crippen LogP contribution >= 0.6 is 0 Å². The fourth-order valence-corrected chi connectivity index (χ4v) is 2.18. The highest BCUT2D eigenvalue weighted by Crippen LogP contribution is 2.20. The van der Waals surface area contributed by atoms with Gasteiger partial charge in [0.05, 0.1) is 0 Å². The molecule has 0 saturated heterocycles. The van der Waals surface area contributed by atoms with Gasteiger partial charge in [-0.3, -0.25) is 0 Å². The van der Waals surface area contributed by atoms with Gasteiger partial charge in [0.25, 0.3) is 0 Å². The molecule has 0 aliphatic carbocycles. The van der Waals surface area contributed by atoms with Gasteiger partial charge in [-0.05, 0) is 37.6 Å². The molecule has 0 atom stereocenters. The quantitative estimate of drug-likeness (QED) is 0.623. The van der Waals surface area contributed by atoms with Gasteiger partial charge in [-0.15, -0.1) is 0 Å². The van der Waals surface area contributed by atoms with Crippen LogP contribution in [-0.4, -0.2) is 24.3 Å². The summed E-state index contributed by atoms with van der Waals surface area (Å²) < 4.78 is 11.4. The first-order valence-corrected chi connectivity index (χ1v) is 7.39. The summed E-state index contributed by atoms with van der Waals surface area (Å²) >= 11 is 0. The zero-order valence-corrected chi connectivity index (χ0v) is 13.3. The van der Waals surface area contributed by atoms with Crippen molar-refractivity contribution in [3.63, 3.8) is 0 Å². The second-order valence-corrected chi connectivity index (χ2v) is 5.18. The third kappa shape index (κ3) is 5.18. The van der Waals surface area contributed by atoms with Crippen LogP contribution in [0.3, 0.4) is 0 Å². The van der Waals surface area contributed by atoms with E-state index in [1.54, 1.807) is 12.1 Å². The highest BCUT2D eigenvalue weighted by molar-refractivity contribution is 5.85. The molecule has 0 fully saturated rings. The van der Waals surface area contributed by atoms with Crippen LogP contribution in [0.2, 0.25) is 0 Å². The van der Waals surface area contributed by atoms with Gasteiger partial charge in [0.1, 0.15) is 24.7 Å². The Morgan fingerprint density at radius 1 is 1.04 bits per heavy atom. The summed E-state index contributed by atoms with van der Waals surface area (Å²) in [6.45, 7) is 4.85. The van der Waals surface area contributed by atoms with Gasteiger partial charge in [0.15, 0.2) is 0 Å². The van der Waals surface area contributed by atoms with Crippen LogP contribution in [0, 0.1) is 13.8 Å². The van der Waals surface area contributed by atoms with Crippen LogP contribution in [0.25, 0.3) is 6.08 Å². The predicted octanol–water partition coefficient (Wildman–Crippen LogP) is 3.86. The number of ether oxygens (including phenoxy) is 2. The average Bonchev–Trinajstić information content (AvgIpc) is 2.52. The molecule has 2 aromatic rings. The van der Waals surface area contributed by atoms with Crippen molar-refractivity contribution in [2.45, 2.75) is 13.8 Å². The summed E-state index contributed by atoms with van der Waals surface area (Å²) in [7, 11) is 0. The molecular formula is C19H20O4. The number of aliphatic carboxylic acids is 1. The van der Waals surface area contributed by atoms with Gasteiger partial charge >= 0.3 is 5.97 Å². The highest BCUT2D eigenvalue weighted by atomic mass is 16.5. The van der Waals surface area contributed by atoms with E-state index in [2.05, 4.69) is 6.07 Å².